The van der Waals surface area contributed by atoms with Crippen LogP contribution in [0.25, 0.3) is 0 Å². The molecule has 1 aliphatic rings. The van der Waals surface area contributed by atoms with Gasteiger partial charge in [-0.1, -0.05) is 19.3 Å². The fourth-order valence-corrected chi connectivity index (χ4v) is 4.54. The van der Waals surface area contributed by atoms with E-state index in [9.17, 15) is 13.5 Å². The quantitative estimate of drug-likeness (QED) is 0.815. The van der Waals surface area contributed by atoms with Gasteiger partial charge < -0.3 is 10.8 Å². The number of hydrogen-bond acceptors (Lipinski definition) is 5. The second-order valence-electron chi connectivity index (χ2n) is 5.18. The summed E-state index contributed by atoms with van der Waals surface area (Å²) in [7, 11) is -2.08. The summed E-state index contributed by atoms with van der Waals surface area (Å²) in [6.07, 6.45) is 6.25. The van der Waals surface area contributed by atoms with Crippen molar-refractivity contribution in [2.75, 3.05) is 18.9 Å². The van der Waals surface area contributed by atoms with Crippen molar-refractivity contribution in [3.8, 4) is 0 Å². The van der Waals surface area contributed by atoms with E-state index in [0.717, 1.165) is 32.1 Å². The van der Waals surface area contributed by atoms with E-state index in [2.05, 4.69) is 5.10 Å². The van der Waals surface area contributed by atoms with Gasteiger partial charge in [0, 0.05) is 25.8 Å². The van der Waals surface area contributed by atoms with Crippen molar-refractivity contribution >= 4 is 15.8 Å². The van der Waals surface area contributed by atoms with E-state index in [-0.39, 0.29) is 29.9 Å². The van der Waals surface area contributed by atoms with Crippen LogP contribution in [0.5, 0.6) is 0 Å². The molecule has 1 aliphatic carbocycles. The van der Waals surface area contributed by atoms with Gasteiger partial charge in [0.05, 0.1) is 6.61 Å². The molecule has 20 heavy (non-hydrogen) atoms. The molecule has 2 rings (SSSR count). The average Bonchev–Trinajstić information content (AvgIpc) is 2.76. The molecule has 1 heterocycles. The number of nitrogens with two attached hydrogens (primary N) is 1. The first-order chi connectivity index (χ1) is 9.46. The molecule has 0 radical (unpaired) electrons. The summed E-state index contributed by atoms with van der Waals surface area (Å²) < 4.78 is 28.3. The topological polar surface area (TPSA) is 101 Å². The number of aliphatic hydroxyl groups excluding tert-OH is 1. The van der Waals surface area contributed by atoms with Crippen LogP contribution < -0.4 is 5.73 Å². The Bertz CT molecular complexity index is 549. The number of nitrogen functional groups attached to an aromatic ring is 1. The van der Waals surface area contributed by atoms with Crippen molar-refractivity contribution < 1.29 is 13.5 Å². The Balaban J connectivity index is 2.33. The zero-order valence-corrected chi connectivity index (χ0v) is 12.5. The lowest BCUT2D eigenvalue weighted by Gasteiger charge is -2.32. The number of rotatable bonds is 5. The zero-order valence-electron chi connectivity index (χ0n) is 11.7. The molecule has 7 nitrogen and oxygen atoms in total. The van der Waals surface area contributed by atoms with Crippen molar-refractivity contribution in [1.82, 2.24) is 14.1 Å². The van der Waals surface area contributed by atoms with Gasteiger partial charge in [-0.25, -0.2) is 8.42 Å². The van der Waals surface area contributed by atoms with Crippen LogP contribution in [0.3, 0.4) is 0 Å². The molecule has 0 saturated heterocycles. The average molecular weight is 302 g/mol. The van der Waals surface area contributed by atoms with Crippen LogP contribution in [0.4, 0.5) is 5.82 Å². The van der Waals surface area contributed by atoms with Gasteiger partial charge in [0.2, 0.25) is 10.0 Å². The maximum Gasteiger partial charge on any atom is 0.248 e. The van der Waals surface area contributed by atoms with Crippen molar-refractivity contribution in [3.63, 3.8) is 0 Å². The molecular weight excluding hydrogens is 280 g/mol. The number of sulfonamides is 1. The lowest BCUT2D eigenvalue weighted by molar-refractivity contribution is 0.199. The molecule has 0 spiro atoms. The van der Waals surface area contributed by atoms with Crippen molar-refractivity contribution in [2.24, 2.45) is 7.05 Å². The largest absolute Gasteiger partial charge is 0.395 e. The first-order valence-corrected chi connectivity index (χ1v) is 8.32. The Kier molecular flexibility index (Phi) is 4.66. The van der Waals surface area contributed by atoms with Crippen LogP contribution in [-0.2, 0) is 17.1 Å². The predicted molar refractivity (Wildman–Crippen MR) is 75.5 cm³/mol. The minimum Gasteiger partial charge on any atom is -0.395 e. The Hall–Kier alpha value is -1.12. The minimum absolute atomic E-state index is 0.00579. The maximum atomic E-state index is 12.7. The zero-order chi connectivity index (χ0) is 14.8. The number of aryl methyl sites for hydroxylation is 1. The van der Waals surface area contributed by atoms with Crippen LogP contribution in [0.2, 0.25) is 0 Å². The monoisotopic (exact) mass is 302 g/mol. The normalized spacial score (nSPS) is 17.8. The van der Waals surface area contributed by atoms with Gasteiger partial charge in [-0.05, 0) is 12.8 Å². The Morgan fingerprint density at radius 1 is 1.45 bits per heavy atom. The van der Waals surface area contributed by atoms with E-state index in [1.165, 1.54) is 15.2 Å². The SMILES string of the molecule is Cn1cc(S(=O)(=O)N(CCO)C2CCCCC2)c(N)n1. The highest BCUT2D eigenvalue weighted by Crippen LogP contribution is 2.29. The van der Waals surface area contributed by atoms with Gasteiger partial charge in [0.25, 0.3) is 0 Å². The molecule has 8 heteroatoms. The molecule has 1 aromatic heterocycles. The minimum atomic E-state index is -3.71. The van der Waals surface area contributed by atoms with Crippen molar-refractivity contribution in [2.45, 2.75) is 43.0 Å². The summed E-state index contributed by atoms with van der Waals surface area (Å²) in [5.74, 6) is 0.00579. The van der Waals surface area contributed by atoms with E-state index in [0.29, 0.717) is 0 Å². The third-order valence-corrected chi connectivity index (χ3v) is 5.68. The van der Waals surface area contributed by atoms with Crippen LogP contribution in [-0.4, -0.2) is 46.8 Å². The Labute approximate surface area is 119 Å². The summed E-state index contributed by atoms with van der Waals surface area (Å²) in [6.45, 7) is -0.1000. The summed E-state index contributed by atoms with van der Waals surface area (Å²) in [5, 5.41) is 13.1. The fourth-order valence-electron chi connectivity index (χ4n) is 2.78. The molecule has 1 fully saturated rings. The molecule has 0 aromatic carbocycles. The number of aliphatic hydroxyl groups is 1. The maximum absolute atomic E-state index is 12.7. The van der Waals surface area contributed by atoms with Gasteiger partial charge in [0.15, 0.2) is 5.82 Å². The number of hydrogen-bond donors (Lipinski definition) is 2. The smallest absolute Gasteiger partial charge is 0.248 e. The summed E-state index contributed by atoms with van der Waals surface area (Å²) in [5.41, 5.74) is 5.69. The second kappa shape index (κ2) is 6.11. The van der Waals surface area contributed by atoms with Crippen LogP contribution in [0, 0.1) is 0 Å². The molecule has 1 saturated carbocycles. The molecule has 0 unspecified atom stereocenters. The summed E-state index contributed by atoms with van der Waals surface area (Å²) >= 11 is 0. The van der Waals surface area contributed by atoms with Gasteiger partial charge in [0.1, 0.15) is 4.90 Å². The van der Waals surface area contributed by atoms with Gasteiger partial charge in [-0.2, -0.15) is 9.40 Å². The van der Waals surface area contributed by atoms with E-state index in [1.807, 2.05) is 0 Å². The molecule has 114 valence electrons. The van der Waals surface area contributed by atoms with Crippen molar-refractivity contribution in [3.05, 3.63) is 6.20 Å². The van der Waals surface area contributed by atoms with Crippen LogP contribution >= 0.6 is 0 Å². The Morgan fingerprint density at radius 2 is 2.10 bits per heavy atom. The van der Waals surface area contributed by atoms with Crippen LogP contribution in [0.15, 0.2) is 11.1 Å². The highest BCUT2D eigenvalue weighted by Gasteiger charge is 2.34. The highest BCUT2D eigenvalue weighted by atomic mass is 32.2. The van der Waals surface area contributed by atoms with E-state index >= 15 is 0 Å². The van der Waals surface area contributed by atoms with E-state index in [4.69, 9.17) is 5.73 Å². The Morgan fingerprint density at radius 3 is 2.60 bits per heavy atom. The predicted octanol–water partition coefficient (Wildman–Crippen LogP) is 0.318. The lowest BCUT2D eigenvalue weighted by atomic mass is 9.95. The number of nitrogens with zero attached hydrogens (tertiary/aromatic N) is 3. The van der Waals surface area contributed by atoms with Gasteiger partial charge >= 0.3 is 0 Å². The molecule has 0 amide bonds. The second-order valence-corrected chi connectivity index (χ2v) is 7.04. The number of anilines is 1. The first-order valence-electron chi connectivity index (χ1n) is 6.88. The molecular formula is C12H22N4O3S. The molecule has 0 atom stereocenters. The van der Waals surface area contributed by atoms with E-state index in [1.54, 1.807) is 7.05 Å². The molecule has 0 aliphatic heterocycles. The fraction of sp³-hybridized carbons (Fsp3) is 0.750. The third-order valence-electron chi connectivity index (χ3n) is 3.71. The number of aromatic nitrogens is 2. The van der Waals surface area contributed by atoms with E-state index < -0.39 is 10.0 Å². The van der Waals surface area contributed by atoms with Crippen molar-refractivity contribution in [1.29, 1.82) is 0 Å². The van der Waals surface area contributed by atoms with Crippen LogP contribution in [0.1, 0.15) is 32.1 Å². The third kappa shape index (κ3) is 2.97. The standard InChI is InChI=1S/C12H22N4O3S/c1-15-9-11(12(13)14-15)20(18,19)16(7-8-17)10-5-3-2-4-6-10/h9-10,17H,2-8H2,1H3,(H2,13,14). The lowest BCUT2D eigenvalue weighted by Crippen LogP contribution is -2.43. The first kappa shape index (κ1) is 15.3. The van der Waals surface area contributed by atoms with Gasteiger partial charge in [-0.15, -0.1) is 0 Å². The molecule has 0 bridgehead atoms. The summed E-state index contributed by atoms with van der Waals surface area (Å²) in [6, 6.07) is -0.0551. The molecule has 1 aromatic rings. The molecule has 3 N–H and O–H groups in total. The highest BCUT2D eigenvalue weighted by molar-refractivity contribution is 7.89. The summed E-state index contributed by atoms with van der Waals surface area (Å²) in [4.78, 5) is 0.0269. The van der Waals surface area contributed by atoms with Gasteiger partial charge in [-0.3, -0.25) is 4.68 Å².